The average Bonchev–Trinajstić information content (AvgIpc) is 2.65. The van der Waals surface area contributed by atoms with Gasteiger partial charge in [0.25, 0.3) is 0 Å². The highest BCUT2D eigenvalue weighted by Gasteiger charge is 2.26. The van der Waals surface area contributed by atoms with Gasteiger partial charge in [-0.15, -0.1) is 0 Å². The monoisotopic (exact) mass is 363 g/mol. The van der Waals surface area contributed by atoms with Gasteiger partial charge in [-0.05, 0) is 12.1 Å². The fourth-order valence-corrected chi connectivity index (χ4v) is 2.88. The standard InChI is InChI=1S/C18H25N3O5/c1-13(22)19-7-9-20(10-8-19)18(24)12-21(14(2)23)16-6-5-15(25-3)11-17(16)26-4/h5-6,11H,7-10,12H2,1-4H3. The van der Waals surface area contributed by atoms with Gasteiger partial charge in [0, 0.05) is 46.1 Å². The molecule has 26 heavy (non-hydrogen) atoms. The second-order valence-electron chi connectivity index (χ2n) is 6.03. The quantitative estimate of drug-likeness (QED) is 0.771. The van der Waals surface area contributed by atoms with Gasteiger partial charge in [-0.2, -0.15) is 0 Å². The van der Waals surface area contributed by atoms with Gasteiger partial charge < -0.3 is 19.3 Å². The molecule has 1 fully saturated rings. The number of rotatable bonds is 5. The third-order valence-corrected chi connectivity index (χ3v) is 4.43. The van der Waals surface area contributed by atoms with Crippen LogP contribution in [0, 0.1) is 0 Å². The summed E-state index contributed by atoms with van der Waals surface area (Å²) in [7, 11) is 3.04. The molecule has 8 heteroatoms. The van der Waals surface area contributed by atoms with E-state index in [0.29, 0.717) is 43.4 Å². The zero-order valence-corrected chi connectivity index (χ0v) is 15.7. The van der Waals surface area contributed by atoms with Crippen molar-refractivity contribution in [2.75, 3.05) is 51.8 Å². The van der Waals surface area contributed by atoms with E-state index >= 15 is 0 Å². The molecule has 0 aromatic heterocycles. The summed E-state index contributed by atoms with van der Waals surface area (Å²) in [5.74, 6) is 0.630. The van der Waals surface area contributed by atoms with Gasteiger partial charge in [-0.25, -0.2) is 0 Å². The number of piperazine rings is 1. The zero-order chi connectivity index (χ0) is 19.3. The number of hydrogen-bond donors (Lipinski definition) is 0. The van der Waals surface area contributed by atoms with E-state index in [4.69, 9.17) is 9.47 Å². The molecular weight excluding hydrogens is 338 g/mol. The number of carbonyl (C=O) groups is 3. The lowest BCUT2D eigenvalue weighted by Crippen LogP contribution is -2.52. The van der Waals surface area contributed by atoms with E-state index in [2.05, 4.69) is 0 Å². The Morgan fingerprint density at radius 3 is 2.12 bits per heavy atom. The predicted molar refractivity (Wildman–Crippen MR) is 96.4 cm³/mol. The Labute approximate surface area is 153 Å². The molecule has 8 nitrogen and oxygen atoms in total. The maximum Gasteiger partial charge on any atom is 0.242 e. The highest BCUT2D eigenvalue weighted by Crippen LogP contribution is 2.32. The minimum Gasteiger partial charge on any atom is -0.497 e. The minimum absolute atomic E-state index is 0.00503. The molecule has 0 aliphatic carbocycles. The molecule has 1 aromatic carbocycles. The molecule has 0 unspecified atom stereocenters. The van der Waals surface area contributed by atoms with Crippen LogP contribution >= 0.6 is 0 Å². The largest absolute Gasteiger partial charge is 0.497 e. The Kier molecular flexibility index (Phi) is 6.43. The summed E-state index contributed by atoms with van der Waals surface area (Å²) in [4.78, 5) is 41.0. The Morgan fingerprint density at radius 2 is 1.62 bits per heavy atom. The summed E-state index contributed by atoms with van der Waals surface area (Å²) >= 11 is 0. The zero-order valence-electron chi connectivity index (χ0n) is 15.7. The molecule has 0 N–H and O–H groups in total. The maximum atomic E-state index is 12.6. The molecule has 1 aliphatic rings. The van der Waals surface area contributed by atoms with Gasteiger partial charge in [-0.3, -0.25) is 19.3 Å². The van der Waals surface area contributed by atoms with E-state index in [0.717, 1.165) is 0 Å². The van der Waals surface area contributed by atoms with Crippen LogP contribution in [0.25, 0.3) is 0 Å². The third-order valence-electron chi connectivity index (χ3n) is 4.43. The molecule has 1 aromatic rings. The average molecular weight is 363 g/mol. The van der Waals surface area contributed by atoms with Crippen LogP contribution in [0.3, 0.4) is 0 Å². The second kappa shape index (κ2) is 8.55. The van der Waals surface area contributed by atoms with Crippen LogP contribution in [0.1, 0.15) is 13.8 Å². The predicted octanol–water partition coefficient (Wildman–Crippen LogP) is 0.747. The van der Waals surface area contributed by atoms with E-state index in [1.54, 1.807) is 35.1 Å². The summed E-state index contributed by atoms with van der Waals surface area (Å²) in [5, 5.41) is 0. The Bertz CT molecular complexity index is 683. The molecule has 1 aliphatic heterocycles. The molecular formula is C18H25N3O5. The van der Waals surface area contributed by atoms with Crippen LogP contribution in [-0.2, 0) is 14.4 Å². The third kappa shape index (κ3) is 4.44. The van der Waals surface area contributed by atoms with E-state index in [-0.39, 0.29) is 24.3 Å². The van der Waals surface area contributed by atoms with Crippen molar-refractivity contribution < 1.29 is 23.9 Å². The second-order valence-corrected chi connectivity index (χ2v) is 6.03. The van der Waals surface area contributed by atoms with Gasteiger partial charge in [0.2, 0.25) is 17.7 Å². The Hall–Kier alpha value is -2.77. The lowest BCUT2D eigenvalue weighted by atomic mass is 10.2. The van der Waals surface area contributed by atoms with Gasteiger partial charge in [0.05, 0.1) is 19.9 Å². The van der Waals surface area contributed by atoms with Gasteiger partial charge in [0.1, 0.15) is 18.0 Å². The number of nitrogens with zero attached hydrogens (tertiary/aromatic N) is 3. The van der Waals surface area contributed by atoms with Crippen molar-refractivity contribution in [2.24, 2.45) is 0 Å². The fraction of sp³-hybridized carbons (Fsp3) is 0.500. The molecule has 0 radical (unpaired) electrons. The van der Waals surface area contributed by atoms with Crippen LogP contribution in [0.5, 0.6) is 11.5 Å². The Balaban J connectivity index is 2.13. The van der Waals surface area contributed by atoms with Crippen molar-refractivity contribution in [1.82, 2.24) is 9.80 Å². The highest BCUT2D eigenvalue weighted by molar-refractivity contribution is 5.98. The summed E-state index contributed by atoms with van der Waals surface area (Å²) in [6.07, 6.45) is 0. The molecule has 3 amide bonds. The fourth-order valence-electron chi connectivity index (χ4n) is 2.88. The van der Waals surface area contributed by atoms with Gasteiger partial charge >= 0.3 is 0 Å². The minimum atomic E-state index is -0.260. The molecule has 0 bridgehead atoms. The topological polar surface area (TPSA) is 79.4 Å². The van der Waals surface area contributed by atoms with E-state index < -0.39 is 0 Å². The van der Waals surface area contributed by atoms with Crippen molar-refractivity contribution >= 4 is 23.4 Å². The van der Waals surface area contributed by atoms with Crippen LogP contribution in [-0.4, -0.2) is 74.5 Å². The van der Waals surface area contributed by atoms with Crippen LogP contribution < -0.4 is 14.4 Å². The molecule has 0 saturated carbocycles. The van der Waals surface area contributed by atoms with E-state index in [1.807, 2.05) is 0 Å². The van der Waals surface area contributed by atoms with E-state index in [9.17, 15) is 14.4 Å². The molecule has 142 valence electrons. The van der Waals surface area contributed by atoms with Crippen molar-refractivity contribution in [1.29, 1.82) is 0 Å². The smallest absolute Gasteiger partial charge is 0.242 e. The molecule has 1 heterocycles. The Morgan fingerprint density at radius 1 is 1.00 bits per heavy atom. The number of hydrogen-bond acceptors (Lipinski definition) is 5. The van der Waals surface area contributed by atoms with Crippen molar-refractivity contribution in [3.8, 4) is 11.5 Å². The number of benzene rings is 1. The lowest BCUT2D eigenvalue weighted by Gasteiger charge is -2.35. The normalized spacial score (nSPS) is 14.0. The SMILES string of the molecule is COc1ccc(N(CC(=O)N2CCN(C(C)=O)CC2)C(C)=O)c(OC)c1. The van der Waals surface area contributed by atoms with Gasteiger partial charge in [0.15, 0.2) is 0 Å². The first-order chi connectivity index (χ1) is 12.4. The summed E-state index contributed by atoms with van der Waals surface area (Å²) in [5.41, 5.74) is 0.511. The molecule has 0 atom stereocenters. The summed E-state index contributed by atoms with van der Waals surface area (Å²) in [6, 6.07) is 5.07. The van der Waals surface area contributed by atoms with E-state index in [1.165, 1.54) is 25.9 Å². The first kappa shape index (κ1) is 19.6. The number of amides is 3. The van der Waals surface area contributed by atoms with Crippen LogP contribution in [0.4, 0.5) is 5.69 Å². The molecule has 0 spiro atoms. The number of anilines is 1. The lowest BCUT2D eigenvalue weighted by molar-refractivity contribution is -0.137. The van der Waals surface area contributed by atoms with Crippen LogP contribution in [0.2, 0.25) is 0 Å². The first-order valence-electron chi connectivity index (χ1n) is 8.40. The van der Waals surface area contributed by atoms with Gasteiger partial charge in [-0.1, -0.05) is 0 Å². The summed E-state index contributed by atoms with van der Waals surface area (Å²) in [6.45, 7) is 4.78. The molecule has 2 rings (SSSR count). The van der Waals surface area contributed by atoms with Crippen molar-refractivity contribution in [3.05, 3.63) is 18.2 Å². The molecule has 1 saturated heterocycles. The number of carbonyl (C=O) groups excluding carboxylic acids is 3. The first-order valence-corrected chi connectivity index (χ1v) is 8.40. The number of methoxy groups -OCH3 is 2. The summed E-state index contributed by atoms with van der Waals surface area (Å²) < 4.78 is 10.5. The highest BCUT2D eigenvalue weighted by atomic mass is 16.5. The van der Waals surface area contributed by atoms with Crippen molar-refractivity contribution in [3.63, 3.8) is 0 Å². The van der Waals surface area contributed by atoms with Crippen molar-refractivity contribution in [2.45, 2.75) is 13.8 Å². The maximum absolute atomic E-state index is 12.6. The van der Waals surface area contributed by atoms with Crippen LogP contribution in [0.15, 0.2) is 18.2 Å². The number of ether oxygens (including phenoxy) is 2.